The zero-order valence-electron chi connectivity index (χ0n) is 19.7. The van der Waals surface area contributed by atoms with Crippen LogP contribution in [-0.4, -0.2) is 48.4 Å². The highest BCUT2D eigenvalue weighted by Crippen LogP contribution is 2.29. The quantitative estimate of drug-likeness (QED) is 0.524. The molecule has 176 valence electrons. The Balaban J connectivity index is 1.70. The van der Waals surface area contributed by atoms with Crippen LogP contribution < -0.4 is 14.8 Å². The molecular weight excluding hydrogens is 420 g/mol. The standard InChI is InChI=1S/C26H32N2O5/c1-5-17(4)23(28-25(30)19-10-8-9-11-20(19)26(28)31)24(29)27-15-14-18-12-13-21(32-6-2)22(16-18)33-7-3/h8-13,16-17,23H,5-7,14-15H2,1-4H3,(H,27,29). The summed E-state index contributed by atoms with van der Waals surface area (Å²) in [5.74, 6) is 0.0335. The van der Waals surface area contributed by atoms with Gasteiger partial charge in [0.05, 0.1) is 24.3 Å². The molecule has 0 saturated carbocycles. The van der Waals surface area contributed by atoms with Gasteiger partial charge in [0, 0.05) is 6.54 Å². The van der Waals surface area contributed by atoms with Crippen LogP contribution in [0.15, 0.2) is 42.5 Å². The second-order valence-electron chi connectivity index (χ2n) is 8.04. The molecule has 3 amide bonds. The van der Waals surface area contributed by atoms with Crippen molar-refractivity contribution in [3.05, 3.63) is 59.2 Å². The summed E-state index contributed by atoms with van der Waals surface area (Å²) in [5, 5.41) is 2.93. The highest BCUT2D eigenvalue weighted by atomic mass is 16.5. The predicted octanol–water partition coefficient (Wildman–Crippen LogP) is 3.85. The maximum absolute atomic E-state index is 13.2. The lowest BCUT2D eigenvalue weighted by atomic mass is 9.96. The molecule has 3 rings (SSSR count). The Morgan fingerprint density at radius 1 is 0.939 bits per heavy atom. The zero-order chi connectivity index (χ0) is 24.0. The van der Waals surface area contributed by atoms with Crippen LogP contribution in [0, 0.1) is 5.92 Å². The predicted molar refractivity (Wildman–Crippen MR) is 126 cm³/mol. The van der Waals surface area contributed by atoms with Crippen LogP contribution in [0.25, 0.3) is 0 Å². The summed E-state index contributed by atoms with van der Waals surface area (Å²) in [6, 6.07) is 11.6. The van der Waals surface area contributed by atoms with Crippen molar-refractivity contribution in [2.75, 3.05) is 19.8 Å². The first-order chi connectivity index (χ1) is 15.9. The molecule has 1 N–H and O–H groups in total. The molecule has 2 aromatic rings. The molecule has 0 saturated heterocycles. The van der Waals surface area contributed by atoms with Crippen molar-refractivity contribution in [1.82, 2.24) is 10.2 Å². The monoisotopic (exact) mass is 452 g/mol. The molecule has 0 spiro atoms. The lowest BCUT2D eigenvalue weighted by Crippen LogP contribution is -2.53. The molecule has 0 radical (unpaired) electrons. The molecule has 1 aliphatic rings. The van der Waals surface area contributed by atoms with E-state index in [4.69, 9.17) is 9.47 Å². The van der Waals surface area contributed by atoms with Crippen molar-refractivity contribution in [3.8, 4) is 11.5 Å². The highest BCUT2D eigenvalue weighted by molar-refractivity contribution is 6.22. The molecule has 2 aromatic carbocycles. The molecule has 33 heavy (non-hydrogen) atoms. The van der Waals surface area contributed by atoms with E-state index >= 15 is 0 Å². The van der Waals surface area contributed by atoms with E-state index in [0.29, 0.717) is 55.2 Å². The summed E-state index contributed by atoms with van der Waals surface area (Å²) in [4.78, 5) is 40.2. The van der Waals surface area contributed by atoms with E-state index in [0.717, 1.165) is 10.5 Å². The number of hydrogen-bond acceptors (Lipinski definition) is 5. The van der Waals surface area contributed by atoms with Crippen molar-refractivity contribution in [2.24, 2.45) is 5.92 Å². The van der Waals surface area contributed by atoms with Crippen LogP contribution >= 0.6 is 0 Å². The number of rotatable bonds is 11. The Hall–Kier alpha value is -3.35. The van der Waals surface area contributed by atoms with Gasteiger partial charge in [-0.25, -0.2) is 0 Å². The second kappa shape index (κ2) is 11.0. The van der Waals surface area contributed by atoms with Gasteiger partial charge >= 0.3 is 0 Å². The average molecular weight is 453 g/mol. The van der Waals surface area contributed by atoms with E-state index in [9.17, 15) is 14.4 Å². The van der Waals surface area contributed by atoms with Gasteiger partial charge in [-0.15, -0.1) is 0 Å². The third-order valence-electron chi connectivity index (χ3n) is 5.88. The van der Waals surface area contributed by atoms with Gasteiger partial charge in [0.1, 0.15) is 6.04 Å². The van der Waals surface area contributed by atoms with Crippen LogP contribution in [0.2, 0.25) is 0 Å². The summed E-state index contributed by atoms with van der Waals surface area (Å²) < 4.78 is 11.3. The summed E-state index contributed by atoms with van der Waals surface area (Å²) in [6.07, 6.45) is 1.23. The Morgan fingerprint density at radius 2 is 1.55 bits per heavy atom. The normalized spacial score (nSPS) is 14.6. The van der Waals surface area contributed by atoms with Gasteiger partial charge in [-0.05, 0) is 56.0 Å². The lowest BCUT2D eigenvalue weighted by molar-refractivity contribution is -0.126. The molecule has 2 unspecified atom stereocenters. The fourth-order valence-corrected chi connectivity index (χ4v) is 4.00. The van der Waals surface area contributed by atoms with Crippen LogP contribution in [0.3, 0.4) is 0 Å². The number of carbonyl (C=O) groups excluding carboxylic acids is 3. The number of benzene rings is 2. The Labute approximate surface area is 195 Å². The summed E-state index contributed by atoms with van der Waals surface area (Å²) in [7, 11) is 0. The van der Waals surface area contributed by atoms with E-state index < -0.39 is 17.9 Å². The minimum absolute atomic E-state index is 0.178. The van der Waals surface area contributed by atoms with E-state index in [-0.39, 0.29) is 11.8 Å². The smallest absolute Gasteiger partial charge is 0.262 e. The number of imide groups is 1. The molecule has 0 aromatic heterocycles. The number of carbonyl (C=O) groups is 3. The van der Waals surface area contributed by atoms with Crippen molar-refractivity contribution >= 4 is 17.7 Å². The minimum atomic E-state index is -0.860. The second-order valence-corrected chi connectivity index (χ2v) is 8.04. The summed E-state index contributed by atoms with van der Waals surface area (Å²) in [6.45, 7) is 9.10. The number of amides is 3. The van der Waals surface area contributed by atoms with Crippen molar-refractivity contribution in [2.45, 2.75) is 46.6 Å². The lowest BCUT2D eigenvalue weighted by Gasteiger charge is -2.29. The van der Waals surface area contributed by atoms with Gasteiger partial charge in [0.2, 0.25) is 5.91 Å². The van der Waals surface area contributed by atoms with Crippen LogP contribution in [-0.2, 0) is 11.2 Å². The van der Waals surface area contributed by atoms with Crippen LogP contribution in [0.1, 0.15) is 60.4 Å². The van der Waals surface area contributed by atoms with Gasteiger partial charge < -0.3 is 14.8 Å². The summed E-state index contributed by atoms with van der Waals surface area (Å²) in [5.41, 5.74) is 1.69. The van der Waals surface area contributed by atoms with Crippen LogP contribution in [0.4, 0.5) is 0 Å². The van der Waals surface area contributed by atoms with Gasteiger partial charge in [0.15, 0.2) is 11.5 Å². The average Bonchev–Trinajstić information content (AvgIpc) is 3.06. The Kier molecular flexibility index (Phi) is 8.09. The highest BCUT2D eigenvalue weighted by Gasteiger charge is 2.44. The maximum Gasteiger partial charge on any atom is 0.262 e. The van der Waals surface area contributed by atoms with Crippen molar-refractivity contribution in [3.63, 3.8) is 0 Å². The molecule has 0 fully saturated rings. The van der Waals surface area contributed by atoms with E-state index in [1.54, 1.807) is 24.3 Å². The molecule has 2 atom stereocenters. The molecule has 1 aliphatic heterocycles. The van der Waals surface area contributed by atoms with Gasteiger partial charge in [-0.1, -0.05) is 38.5 Å². The zero-order valence-corrected chi connectivity index (χ0v) is 19.7. The first-order valence-electron chi connectivity index (χ1n) is 11.6. The number of hydrogen-bond donors (Lipinski definition) is 1. The van der Waals surface area contributed by atoms with Crippen LogP contribution in [0.5, 0.6) is 11.5 Å². The number of nitrogens with zero attached hydrogens (tertiary/aromatic N) is 1. The maximum atomic E-state index is 13.2. The van der Waals surface area contributed by atoms with Gasteiger partial charge in [-0.2, -0.15) is 0 Å². The number of ether oxygens (including phenoxy) is 2. The van der Waals surface area contributed by atoms with Crippen molar-refractivity contribution in [1.29, 1.82) is 0 Å². The largest absolute Gasteiger partial charge is 0.490 e. The van der Waals surface area contributed by atoms with Gasteiger partial charge in [-0.3, -0.25) is 19.3 Å². The SMILES string of the molecule is CCOc1ccc(CCNC(=O)C(C(C)CC)N2C(=O)c3ccccc3C2=O)cc1OCC. The van der Waals surface area contributed by atoms with Gasteiger partial charge in [0.25, 0.3) is 11.8 Å². The first kappa shape index (κ1) is 24.3. The topological polar surface area (TPSA) is 84.9 Å². The van der Waals surface area contributed by atoms with E-state index in [2.05, 4.69) is 5.32 Å². The fourth-order valence-electron chi connectivity index (χ4n) is 4.00. The third-order valence-corrected chi connectivity index (χ3v) is 5.88. The van der Waals surface area contributed by atoms with E-state index in [1.807, 2.05) is 45.9 Å². The van der Waals surface area contributed by atoms with E-state index in [1.165, 1.54) is 0 Å². The summed E-state index contributed by atoms with van der Waals surface area (Å²) >= 11 is 0. The number of fused-ring (bicyclic) bond motifs is 1. The fraction of sp³-hybridized carbons (Fsp3) is 0.423. The minimum Gasteiger partial charge on any atom is -0.490 e. The molecule has 7 nitrogen and oxygen atoms in total. The first-order valence-corrected chi connectivity index (χ1v) is 11.6. The molecule has 0 bridgehead atoms. The molecule has 0 aliphatic carbocycles. The molecule has 1 heterocycles. The van der Waals surface area contributed by atoms with Crippen molar-refractivity contribution < 1.29 is 23.9 Å². The number of nitrogens with one attached hydrogen (secondary N) is 1. The Bertz CT molecular complexity index is 984. The third kappa shape index (κ3) is 5.18. The molecular formula is C26H32N2O5. The molecule has 7 heteroatoms. The Morgan fingerprint density at radius 3 is 2.12 bits per heavy atom.